The predicted octanol–water partition coefficient (Wildman–Crippen LogP) is -0.859. The van der Waals surface area contributed by atoms with E-state index in [1.165, 1.54) is 32.1 Å². The number of amides is 1. The second-order valence-electron chi connectivity index (χ2n) is 2.85. The van der Waals surface area contributed by atoms with Crippen molar-refractivity contribution < 1.29 is 62.4 Å². The molecule has 0 saturated heterocycles. The second-order valence-corrected chi connectivity index (χ2v) is 2.85. The molecule has 0 unspecified atom stereocenters. The Morgan fingerprint density at radius 1 is 1.23 bits per heavy atom. The molecule has 74 valence electrons. The molecule has 0 aliphatic heterocycles. The van der Waals surface area contributed by atoms with Crippen molar-refractivity contribution in [1.29, 1.82) is 0 Å². The Kier molecular flexibility index (Phi) is 19.7. The Labute approximate surface area is 125 Å². The summed E-state index contributed by atoms with van der Waals surface area (Å²) in [5, 5.41) is 0. The van der Waals surface area contributed by atoms with Gasteiger partial charge in [0.25, 0.3) is 0 Å². The number of unbranched alkanes of at least 4 members (excludes halogenated alkanes) is 5. The molecule has 1 N–H and O–H groups in total. The second kappa shape index (κ2) is 15.5. The molecule has 0 heterocycles. The Balaban J connectivity index is -0.000000605. The minimum atomic E-state index is 0. The van der Waals surface area contributed by atoms with Crippen LogP contribution < -0.4 is 56.9 Å². The Morgan fingerprint density at radius 2 is 1.85 bits per heavy atom. The first-order chi connectivity index (χ1) is 5.91. The van der Waals surface area contributed by atoms with Crippen LogP contribution in [0.15, 0.2) is 0 Å². The third kappa shape index (κ3) is 15.8. The standard InChI is InChI=1S/C9H19NO2.K.H/c1-2-3-4-5-6-7-8-12-10-9-11;;/h9H,2-8H2,1H3,(H,10,11);;/q;+1;-1. The van der Waals surface area contributed by atoms with Crippen LogP contribution in [0.3, 0.4) is 0 Å². The van der Waals surface area contributed by atoms with E-state index < -0.39 is 0 Å². The van der Waals surface area contributed by atoms with Crippen molar-refractivity contribution in [1.82, 2.24) is 5.48 Å². The van der Waals surface area contributed by atoms with Gasteiger partial charge in [-0.1, -0.05) is 39.0 Å². The van der Waals surface area contributed by atoms with E-state index in [4.69, 9.17) is 4.84 Å². The molecule has 0 aromatic heterocycles. The smallest absolute Gasteiger partial charge is 1.00 e. The number of nitrogens with one attached hydrogen (secondary N) is 1. The SMILES string of the molecule is CCCCCCCCONC=O.[H-].[K+]. The third-order valence-corrected chi connectivity index (χ3v) is 1.73. The Morgan fingerprint density at radius 3 is 2.46 bits per heavy atom. The van der Waals surface area contributed by atoms with Crippen molar-refractivity contribution >= 4 is 6.41 Å². The van der Waals surface area contributed by atoms with Gasteiger partial charge < -0.3 is 1.43 Å². The Hall–Kier alpha value is 1.07. The Bertz CT molecular complexity index is 107. The first kappa shape index (κ1) is 16.5. The van der Waals surface area contributed by atoms with E-state index in [0.717, 1.165) is 6.42 Å². The van der Waals surface area contributed by atoms with Crippen LogP contribution in [0.25, 0.3) is 0 Å². The van der Waals surface area contributed by atoms with E-state index >= 15 is 0 Å². The molecule has 0 aromatic rings. The first-order valence-corrected chi connectivity index (χ1v) is 4.72. The summed E-state index contributed by atoms with van der Waals surface area (Å²) in [6.07, 6.45) is 7.98. The van der Waals surface area contributed by atoms with Crippen LogP contribution in [0, 0.1) is 0 Å². The molecule has 3 nitrogen and oxygen atoms in total. The van der Waals surface area contributed by atoms with Gasteiger partial charge in [0, 0.05) is 0 Å². The molecule has 0 bridgehead atoms. The molecule has 0 radical (unpaired) electrons. The largest absolute Gasteiger partial charge is 1.00 e. The minimum absolute atomic E-state index is 0. The summed E-state index contributed by atoms with van der Waals surface area (Å²) in [6.45, 7) is 2.84. The van der Waals surface area contributed by atoms with Gasteiger partial charge >= 0.3 is 51.4 Å². The molecule has 4 heteroatoms. The maximum Gasteiger partial charge on any atom is 1.00 e. The van der Waals surface area contributed by atoms with Crippen molar-refractivity contribution in [3.63, 3.8) is 0 Å². The molecule has 0 fully saturated rings. The molecule has 0 spiro atoms. The topological polar surface area (TPSA) is 38.3 Å². The zero-order valence-corrected chi connectivity index (χ0v) is 12.0. The number of rotatable bonds is 9. The number of hydrogen-bond acceptors (Lipinski definition) is 2. The van der Waals surface area contributed by atoms with E-state index in [1.54, 1.807) is 0 Å². The van der Waals surface area contributed by atoms with Gasteiger partial charge in [-0.05, 0) is 6.42 Å². The van der Waals surface area contributed by atoms with Gasteiger partial charge in [0.05, 0.1) is 6.61 Å². The van der Waals surface area contributed by atoms with E-state index in [-0.39, 0.29) is 52.8 Å². The van der Waals surface area contributed by atoms with Crippen LogP contribution in [0.4, 0.5) is 0 Å². The average molecular weight is 213 g/mol. The summed E-state index contributed by atoms with van der Waals surface area (Å²) in [6, 6.07) is 0. The van der Waals surface area contributed by atoms with Crippen LogP contribution in [-0.4, -0.2) is 13.0 Å². The molecular weight excluding hydrogens is 193 g/mol. The number of hydrogen-bond donors (Lipinski definition) is 1. The first-order valence-electron chi connectivity index (χ1n) is 4.72. The maximum absolute atomic E-state index is 9.74. The van der Waals surface area contributed by atoms with Crippen LogP contribution in [0.1, 0.15) is 46.9 Å². The average Bonchev–Trinajstić information content (AvgIpc) is 2.10. The van der Waals surface area contributed by atoms with Crippen molar-refractivity contribution in [2.24, 2.45) is 0 Å². The summed E-state index contributed by atoms with van der Waals surface area (Å²) >= 11 is 0. The summed E-state index contributed by atoms with van der Waals surface area (Å²) < 4.78 is 0. The molecule has 0 rings (SSSR count). The van der Waals surface area contributed by atoms with Crippen molar-refractivity contribution in [3.05, 3.63) is 0 Å². The number of carbonyl (C=O) groups is 1. The van der Waals surface area contributed by atoms with Crippen LogP contribution >= 0.6 is 0 Å². The molecular formula is C9H20KNO2. The van der Waals surface area contributed by atoms with Gasteiger partial charge in [0.1, 0.15) is 0 Å². The normalized spacial score (nSPS) is 9.00. The van der Waals surface area contributed by atoms with Gasteiger partial charge in [0.15, 0.2) is 0 Å². The fourth-order valence-electron chi connectivity index (χ4n) is 1.05. The van der Waals surface area contributed by atoms with E-state index in [1.807, 2.05) is 0 Å². The van der Waals surface area contributed by atoms with Gasteiger partial charge in [0.2, 0.25) is 6.41 Å². The fourth-order valence-corrected chi connectivity index (χ4v) is 1.05. The molecule has 0 aliphatic rings. The predicted molar refractivity (Wildman–Crippen MR) is 49.6 cm³/mol. The van der Waals surface area contributed by atoms with Crippen LogP contribution in [0.5, 0.6) is 0 Å². The zero-order chi connectivity index (χ0) is 9.07. The maximum atomic E-state index is 9.74. The van der Waals surface area contributed by atoms with E-state index in [2.05, 4.69) is 12.4 Å². The summed E-state index contributed by atoms with van der Waals surface area (Å²) in [7, 11) is 0. The molecule has 0 saturated carbocycles. The third-order valence-electron chi connectivity index (χ3n) is 1.73. The summed E-state index contributed by atoms with van der Waals surface area (Å²) in [4.78, 5) is 14.5. The quantitative estimate of drug-likeness (QED) is 0.234. The molecule has 0 aliphatic carbocycles. The van der Waals surface area contributed by atoms with Gasteiger partial charge in [-0.25, -0.2) is 5.48 Å². The van der Waals surface area contributed by atoms with Gasteiger partial charge in [-0.3, -0.25) is 9.63 Å². The van der Waals surface area contributed by atoms with Crippen molar-refractivity contribution in [2.75, 3.05) is 6.61 Å². The number of hydroxylamine groups is 1. The van der Waals surface area contributed by atoms with Crippen molar-refractivity contribution in [2.45, 2.75) is 45.4 Å². The number of carbonyl (C=O) groups excluding carboxylic acids is 1. The molecule has 1 amide bonds. The summed E-state index contributed by atoms with van der Waals surface area (Å²) in [5.74, 6) is 0. The molecule has 0 aromatic carbocycles. The van der Waals surface area contributed by atoms with E-state index in [9.17, 15) is 4.79 Å². The van der Waals surface area contributed by atoms with Gasteiger partial charge in [-0.2, -0.15) is 0 Å². The van der Waals surface area contributed by atoms with Crippen LogP contribution in [-0.2, 0) is 9.63 Å². The van der Waals surface area contributed by atoms with Crippen molar-refractivity contribution in [3.8, 4) is 0 Å². The molecule has 13 heavy (non-hydrogen) atoms. The minimum Gasteiger partial charge on any atom is -1.00 e. The van der Waals surface area contributed by atoms with Gasteiger partial charge in [-0.15, -0.1) is 0 Å². The fraction of sp³-hybridized carbons (Fsp3) is 0.889. The monoisotopic (exact) mass is 213 g/mol. The summed E-state index contributed by atoms with van der Waals surface area (Å²) in [5.41, 5.74) is 2.17. The van der Waals surface area contributed by atoms with Crippen LogP contribution in [0.2, 0.25) is 0 Å². The molecule has 0 atom stereocenters. The zero-order valence-electron chi connectivity index (χ0n) is 9.84. The van der Waals surface area contributed by atoms with E-state index in [0.29, 0.717) is 13.0 Å².